The zero-order chi connectivity index (χ0) is 16.3. The molecule has 1 aromatic carbocycles. The Hall–Kier alpha value is -1.79. The van der Waals surface area contributed by atoms with Crippen molar-refractivity contribution in [3.05, 3.63) is 23.8 Å². The number of carbonyl (C=O) groups excluding carboxylic acids is 1. The summed E-state index contributed by atoms with van der Waals surface area (Å²) in [4.78, 5) is 11.6. The van der Waals surface area contributed by atoms with E-state index in [1.807, 2.05) is 13.0 Å². The predicted molar refractivity (Wildman–Crippen MR) is 83.8 cm³/mol. The van der Waals surface area contributed by atoms with Crippen molar-refractivity contribution >= 4 is 5.97 Å². The van der Waals surface area contributed by atoms with Crippen LogP contribution in [-0.2, 0) is 19.7 Å². The molecule has 1 aromatic rings. The number of hydrogen-bond acceptors (Lipinski definition) is 6. The van der Waals surface area contributed by atoms with Crippen LogP contribution in [0.3, 0.4) is 0 Å². The van der Waals surface area contributed by atoms with Crippen LogP contribution in [0.25, 0.3) is 0 Å². The molecule has 0 unspecified atom stereocenters. The van der Waals surface area contributed by atoms with Gasteiger partial charge in [0.25, 0.3) is 0 Å². The fourth-order valence-electron chi connectivity index (χ4n) is 3.16. The largest absolute Gasteiger partial charge is 0.468 e. The Balaban J connectivity index is 1.80. The third kappa shape index (κ3) is 3.28. The van der Waals surface area contributed by atoms with Gasteiger partial charge in [0.1, 0.15) is 6.04 Å². The predicted octanol–water partition coefficient (Wildman–Crippen LogP) is 1.61. The molecule has 0 amide bonds. The number of benzene rings is 1. The summed E-state index contributed by atoms with van der Waals surface area (Å²) in [6.45, 7) is 4.20. The highest BCUT2D eigenvalue weighted by molar-refractivity contribution is 5.75. The molecule has 1 N–H and O–H groups in total. The molecule has 2 heterocycles. The SMILES string of the molecule is COC(=O)[C@@H](C)NCC1(c2ccc3c(c2)OCO3)CCOCC1. The minimum absolute atomic E-state index is 0.0818. The average Bonchev–Trinajstić information content (AvgIpc) is 3.07. The van der Waals surface area contributed by atoms with E-state index in [4.69, 9.17) is 18.9 Å². The average molecular weight is 321 g/mol. The first-order valence-corrected chi connectivity index (χ1v) is 7.94. The second-order valence-corrected chi connectivity index (χ2v) is 6.09. The van der Waals surface area contributed by atoms with E-state index in [9.17, 15) is 4.79 Å². The zero-order valence-corrected chi connectivity index (χ0v) is 13.6. The Morgan fingerprint density at radius 3 is 2.78 bits per heavy atom. The van der Waals surface area contributed by atoms with Crippen LogP contribution >= 0.6 is 0 Å². The number of hydrogen-bond donors (Lipinski definition) is 1. The lowest BCUT2D eigenvalue weighted by Gasteiger charge is -2.38. The number of carbonyl (C=O) groups is 1. The number of nitrogens with one attached hydrogen (secondary N) is 1. The molecule has 0 aromatic heterocycles. The summed E-state index contributed by atoms with van der Waals surface area (Å²) >= 11 is 0. The van der Waals surface area contributed by atoms with E-state index in [1.165, 1.54) is 12.7 Å². The van der Waals surface area contributed by atoms with E-state index >= 15 is 0 Å². The first-order valence-electron chi connectivity index (χ1n) is 7.94. The van der Waals surface area contributed by atoms with E-state index in [2.05, 4.69) is 17.4 Å². The van der Waals surface area contributed by atoms with E-state index in [0.717, 1.165) is 24.3 Å². The molecule has 2 aliphatic heterocycles. The summed E-state index contributed by atoms with van der Waals surface area (Å²) in [6, 6.07) is 5.76. The number of fused-ring (bicyclic) bond motifs is 1. The molecule has 3 rings (SSSR count). The highest BCUT2D eigenvalue weighted by atomic mass is 16.7. The topological polar surface area (TPSA) is 66.0 Å². The van der Waals surface area contributed by atoms with Crippen molar-refractivity contribution < 1.29 is 23.7 Å². The molecule has 6 heteroatoms. The van der Waals surface area contributed by atoms with Gasteiger partial charge in [0.05, 0.1) is 7.11 Å². The van der Waals surface area contributed by atoms with Crippen molar-refractivity contribution in [3.8, 4) is 11.5 Å². The van der Waals surface area contributed by atoms with Crippen molar-refractivity contribution in [3.63, 3.8) is 0 Å². The van der Waals surface area contributed by atoms with Gasteiger partial charge >= 0.3 is 5.97 Å². The smallest absolute Gasteiger partial charge is 0.322 e. The fourth-order valence-corrected chi connectivity index (χ4v) is 3.16. The molecule has 0 spiro atoms. The second kappa shape index (κ2) is 6.76. The number of ether oxygens (including phenoxy) is 4. The van der Waals surface area contributed by atoms with Crippen LogP contribution in [0.5, 0.6) is 11.5 Å². The summed E-state index contributed by atoms with van der Waals surface area (Å²) in [5.74, 6) is 1.32. The lowest BCUT2D eigenvalue weighted by atomic mass is 9.74. The van der Waals surface area contributed by atoms with Crippen LogP contribution in [-0.4, -0.2) is 45.7 Å². The first-order chi connectivity index (χ1) is 11.1. The maximum absolute atomic E-state index is 11.6. The van der Waals surface area contributed by atoms with Crippen LogP contribution in [0.2, 0.25) is 0 Å². The summed E-state index contributed by atoms with van der Waals surface area (Å²) in [5, 5.41) is 3.31. The maximum Gasteiger partial charge on any atom is 0.322 e. The molecule has 23 heavy (non-hydrogen) atoms. The molecule has 126 valence electrons. The van der Waals surface area contributed by atoms with Crippen molar-refractivity contribution in [1.29, 1.82) is 0 Å². The summed E-state index contributed by atoms with van der Waals surface area (Å²) < 4.78 is 21.2. The van der Waals surface area contributed by atoms with Crippen LogP contribution < -0.4 is 14.8 Å². The Morgan fingerprint density at radius 2 is 2.04 bits per heavy atom. The van der Waals surface area contributed by atoms with Gasteiger partial charge in [-0.2, -0.15) is 0 Å². The fraction of sp³-hybridized carbons (Fsp3) is 0.588. The maximum atomic E-state index is 11.6. The van der Waals surface area contributed by atoms with Gasteiger partial charge in [-0.3, -0.25) is 4.79 Å². The van der Waals surface area contributed by atoms with Crippen LogP contribution in [0.15, 0.2) is 18.2 Å². The van der Waals surface area contributed by atoms with Crippen LogP contribution in [0.4, 0.5) is 0 Å². The summed E-state index contributed by atoms with van der Waals surface area (Å²) in [5.41, 5.74) is 1.11. The molecular formula is C17H23NO5. The molecule has 1 fully saturated rings. The Kier molecular flexibility index (Phi) is 4.73. The Bertz CT molecular complexity index is 568. The minimum Gasteiger partial charge on any atom is -0.468 e. The van der Waals surface area contributed by atoms with Crippen LogP contribution in [0.1, 0.15) is 25.3 Å². The third-order valence-corrected chi connectivity index (χ3v) is 4.74. The van der Waals surface area contributed by atoms with Gasteiger partial charge in [-0.05, 0) is 37.5 Å². The number of esters is 1. The van der Waals surface area contributed by atoms with E-state index in [-0.39, 0.29) is 24.2 Å². The van der Waals surface area contributed by atoms with E-state index in [1.54, 1.807) is 0 Å². The Labute approximate surface area is 136 Å². The molecule has 0 saturated carbocycles. The molecule has 0 aliphatic carbocycles. The number of rotatable bonds is 5. The monoisotopic (exact) mass is 321 g/mol. The normalized spacial score (nSPS) is 20.1. The second-order valence-electron chi connectivity index (χ2n) is 6.09. The minimum atomic E-state index is -0.339. The van der Waals surface area contributed by atoms with Crippen molar-refractivity contribution in [2.24, 2.45) is 0 Å². The van der Waals surface area contributed by atoms with Gasteiger partial charge in [0.2, 0.25) is 6.79 Å². The van der Waals surface area contributed by atoms with E-state index < -0.39 is 0 Å². The third-order valence-electron chi connectivity index (χ3n) is 4.74. The first kappa shape index (κ1) is 16.1. The standard InChI is InChI=1S/C17H23NO5/c1-12(16(19)20-2)18-10-17(5-7-21-8-6-17)13-3-4-14-15(9-13)23-11-22-14/h3-4,9,12,18H,5-8,10-11H2,1-2H3/t12-/m1/s1. The molecule has 1 saturated heterocycles. The molecule has 1 atom stereocenters. The molecular weight excluding hydrogens is 298 g/mol. The van der Waals surface area contributed by atoms with Gasteiger partial charge in [-0.15, -0.1) is 0 Å². The molecule has 0 bridgehead atoms. The lowest BCUT2D eigenvalue weighted by molar-refractivity contribution is -0.142. The lowest BCUT2D eigenvalue weighted by Crippen LogP contribution is -2.47. The van der Waals surface area contributed by atoms with Gasteiger partial charge in [-0.25, -0.2) is 0 Å². The van der Waals surface area contributed by atoms with E-state index in [0.29, 0.717) is 19.8 Å². The van der Waals surface area contributed by atoms with Crippen LogP contribution in [0, 0.1) is 0 Å². The number of methoxy groups -OCH3 is 1. The highest BCUT2D eigenvalue weighted by Gasteiger charge is 2.36. The van der Waals surface area contributed by atoms with Gasteiger partial charge in [0.15, 0.2) is 11.5 Å². The van der Waals surface area contributed by atoms with Gasteiger partial charge < -0.3 is 24.3 Å². The van der Waals surface area contributed by atoms with Crippen molar-refractivity contribution in [1.82, 2.24) is 5.32 Å². The van der Waals surface area contributed by atoms with Crippen molar-refractivity contribution in [2.45, 2.75) is 31.2 Å². The summed E-state index contributed by atoms with van der Waals surface area (Å²) in [7, 11) is 1.41. The quantitative estimate of drug-likeness (QED) is 0.831. The Morgan fingerprint density at radius 1 is 1.30 bits per heavy atom. The molecule has 6 nitrogen and oxygen atoms in total. The van der Waals surface area contributed by atoms with Gasteiger partial charge in [0, 0.05) is 25.2 Å². The van der Waals surface area contributed by atoms with Crippen molar-refractivity contribution in [2.75, 3.05) is 33.7 Å². The zero-order valence-electron chi connectivity index (χ0n) is 13.6. The highest BCUT2D eigenvalue weighted by Crippen LogP contribution is 2.40. The molecule has 0 radical (unpaired) electrons. The van der Waals surface area contributed by atoms with Gasteiger partial charge in [-0.1, -0.05) is 6.07 Å². The molecule has 2 aliphatic rings. The summed E-state index contributed by atoms with van der Waals surface area (Å²) in [6.07, 6.45) is 1.79.